The zero-order valence-corrected chi connectivity index (χ0v) is 14.9. The van der Waals surface area contributed by atoms with Crippen LogP contribution in [-0.2, 0) is 0 Å². The molecular formula is C11H18IN4PS. The molecule has 0 amide bonds. The number of thioether (sulfide) groups is 1. The van der Waals surface area contributed by atoms with Gasteiger partial charge in [-0.1, -0.05) is 25.6 Å². The summed E-state index contributed by atoms with van der Waals surface area (Å²) in [5.74, 6) is 0. The molecular weight excluding hydrogens is 378 g/mol. The minimum atomic E-state index is 0.312. The third-order valence-corrected chi connectivity index (χ3v) is 4.83. The van der Waals surface area contributed by atoms with E-state index in [1.165, 1.54) is 5.57 Å². The summed E-state index contributed by atoms with van der Waals surface area (Å²) < 4.78 is 2.10. The maximum Gasteiger partial charge on any atom is 0.187 e. The fraction of sp³-hybridized carbons (Fsp3) is 0.455. The van der Waals surface area contributed by atoms with Gasteiger partial charge < -0.3 is 0 Å². The second kappa shape index (κ2) is 8.30. The van der Waals surface area contributed by atoms with E-state index < -0.39 is 0 Å². The molecule has 0 aliphatic carbocycles. The summed E-state index contributed by atoms with van der Waals surface area (Å²) in [5, 5.41) is 0.820. The monoisotopic (exact) mass is 396 g/mol. The fourth-order valence-electron chi connectivity index (χ4n) is 1.50. The van der Waals surface area contributed by atoms with Gasteiger partial charge in [-0.15, -0.1) is 0 Å². The average Bonchev–Trinajstić information content (AvgIpc) is 2.82. The zero-order chi connectivity index (χ0) is 13.5. The number of nitrogens with zero attached hydrogens (tertiary/aromatic N) is 3. The van der Waals surface area contributed by atoms with E-state index >= 15 is 0 Å². The van der Waals surface area contributed by atoms with Gasteiger partial charge in [-0.3, -0.25) is 4.78 Å². The van der Waals surface area contributed by atoms with Crippen molar-refractivity contribution >= 4 is 45.7 Å². The van der Waals surface area contributed by atoms with E-state index in [1.807, 2.05) is 32.4 Å². The molecule has 0 bridgehead atoms. The number of rotatable bonds is 3. The van der Waals surface area contributed by atoms with Crippen LogP contribution in [0.25, 0.3) is 5.57 Å². The molecule has 7 heteroatoms. The molecule has 0 aromatic carbocycles. The van der Waals surface area contributed by atoms with E-state index in [1.54, 1.807) is 11.8 Å². The average molecular weight is 396 g/mol. The largest absolute Gasteiger partial charge is 0.287 e. The van der Waals surface area contributed by atoms with Gasteiger partial charge in [0.2, 0.25) is 0 Å². The van der Waals surface area contributed by atoms with E-state index in [9.17, 15) is 0 Å². The molecule has 4 nitrogen and oxygen atoms in total. The number of hydrogen-bond acceptors (Lipinski definition) is 5. The molecule has 2 unspecified atom stereocenters. The van der Waals surface area contributed by atoms with Crippen molar-refractivity contribution in [3.8, 4) is 0 Å². The number of halogens is 1. The first kappa shape index (κ1) is 16.1. The predicted octanol–water partition coefficient (Wildman–Crippen LogP) is 3.72. The Balaban J connectivity index is 0.000000771. The Labute approximate surface area is 128 Å². The van der Waals surface area contributed by atoms with E-state index in [4.69, 9.17) is 0 Å². The molecule has 0 spiro atoms. The van der Waals surface area contributed by atoms with Crippen molar-refractivity contribution in [3.05, 3.63) is 24.2 Å². The molecule has 0 fully saturated rings. The third kappa shape index (κ3) is 4.05. The molecule has 1 N–H and O–H groups in total. The highest BCUT2D eigenvalue weighted by molar-refractivity contribution is 14.2. The summed E-state index contributed by atoms with van der Waals surface area (Å²) in [6.45, 7) is 6.14. The quantitative estimate of drug-likeness (QED) is 0.365. The molecule has 100 valence electrons. The first-order chi connectivity index (χ1) is 8.74. The lowest BCUT2D eigenvalue weighted by Gasteiger charge is -2.13. The number of aromatic nitrogens is 2. The Morgan fingerprint density at radius 2 is 2.22 bits per heavy atom. The first-order valence-electron chi connectivity index (χ1n) is 5.75. The number of hydrogen-bond donors (Lipinski definition) is 1. The van der Waals surface area contributed by atoms with Crippen LogP contribution in [0.5, 0.6) is 0 Å². The van der Waals surface area contributed by atoms with Crippen LogP contribution in [0.15, 0.2) is 23.6 Å². The van der Waals surface area contributed by atoms with Gasteiger partial charge in [0, 0.05) is 18.0 Å². The van der Waals surface area contributed by atoms with Crippen LogP contribution >= 0.6 is 40.2 Å². The van der Waals surface area contributed by atoms with Gasteiger partial charge in [0.05, 0.1) is 18.1 Å². The topological polar surface area (TPSA) is 41.1 Å². The number of hydrazine groups is 1. The molecule has 0 saturated heterocycles. The van der Waals surface area contributed by atoms with Crippen LogP contribution in [0.1, 0.15) is 26.5 Å². The van der Waals surface area contributed by atoms with Crippen LogP contribution in [-0.4, -0.2) is 27.0 Å². The molecule has 2 atom stereocenters. The Kier molecular flexibility index (Phi) is 7.44. The van der Waals surface area contributed by atoms with Crippen molar-refractivity contribution in [2.24, 2.45) is 0 Å². The second-order valence-electron chi connectivity index (χ2n) is 3.32. The van der Waals surface area contributed by atoms with Crippen molar-refractivity contribution in [2.75, 3.05) is 6.26 Å². The lowest BCUT2D eigenvalue weighted by atomic mass is 10.1. The van der Waals surface area contributed by atoms with Crippen molar-refractivity contribution in [3.63, 3.8) is 0 Å². The maximum absolute atomic E-state index is 4.51. The van der Waals surface area contributed by atoms with Crippen molar-refractivity contribution in [1.29, 1.82) is 0 Å². The fourth-order valence-corrected chi connectivity index (χ4v) is 3.12. The highest BCUT2D eigenvalue weighted by Gasteiger charge is 2.21. The van der Waals surface area contributed by atoms with Crippen molar-refractivity contribution < 1.29 is 0 Å². The SMILES string of the molecule is CC.CSc1nccc(C2=CN(PI)NC2C)n1. The summed E-state index contributed by atoms with van der Waals surface area (Å²) in [5.41, 5.74) is 5.60. The minimum Gasteiger partial charge on any atom is -0.287 e. The highest BCUT2D eigenvalue weighted by atomic mass is 127. The van der Waals surface area contributed by atoms with Crippen LogP contribution in [0.4, 0.5) is 0 Å². The first-order valence-corrected chi connectivity index (χ1v) is 11.0. The van der Waals surface area contributed by atoms with Crippen LogP contribution in [0.2, 0.25) is 0 Å². The lowest BCUT2D eigenvalue weighted by Crippen LogP contribution is -2.27. The summed E-state index contributed by atoms with van der Waals surface area (Å²) in [7, 11) is 0. The normalized spacial score (nSPS) is 18.8. The zero-order valence-electron chi connectivity index (χ0n) is 10.9. The smallest absolute Gasteiger partial charge is 0.187 e. The molecule has 2 heterocycles. The number of nitrogens with one attached hydrogen (secondary N) is 1. The molecule has 1 aliphatic heterocycles. The molecule has 18 heavy (non-hydrogen) atoms. The van der Waals surface area contributed by atoms with Gasteiger partial charge in [0.15, 0.2) is 5.16 Å². The van der Waals surface area contributed by atoms with Crippen LogP contribution in [0, 0.1) is 0 Å². The Morgan fingerprint density at radius 1 is 1.50 bits per heavy atom. The molecule has 1 aromatic rings. The van der Waals surface area contributed by atoms with Gasteiger partial charge >= 0.3 is 0 Å². The third-order valence-electron chi connectivity index (χ3n) is 2.27. The molecule has 2 rings (SSSR count). The lowest BCUT2D eigenvalue weighted by molar-refractivity contribution is 0.461. The Bertz CT molecular complexity index is 416. The van der Waals surface area contributed by atoms with Crippen molar-refractivity contribution in [2.45, 2.75) is 32.0 Å². The molecule has 1 aliphatic rings. The van der Waals surface area contributed by atoms with Gasteiger partial charge in [-0.05, 0) is 41.3 Å². The summed E-state index contributed by atoms with van der Waals surface area (Å²) in [4.78, 5) is 8.69. The van der Waals surface area contributed by atoms with Crippen molar-refractivity contribution in [1.82, 2.24) is 20.2 Å². The summed E-state index contributed by atoms with van der Waals surface area (Å²) in [6.07, 6.45) is 6.62. The highest BCUT2D eigenvalue weighted by Crippen LogP contribution is 2.33. The molecule has 0 radical (unpaired) electrons. The molecule has 0 saturated carbocycles. The van der Waals surface area contributed by atoms with Gasteiger partial charge in [-0.2, -0.15) is 0 Å². The van der Waals surface area contributed by atoms with E-state index in [0.717, 1.165) is 10.9 Å². The van der Waals surface area contributed by atoms with E-state index in [2.05, 4.69) is 55.3 Å². The van der Waals surface area contributed by atoms with Gasteiger partial charge in [0.25, 0.3) is 0 Å². The molecule has 1 aromatic heterocycles. The summed E-state index contributed by atoms with van der Waals surface area (Å²) >= 11 is 3.92. The van der Waals surface area contributed by atoms with Crippen LogP contribution < -0.4 is 5.43 Å². The Morgan fingerprint density at radius 3 is 2.78 bits per heavy atom. The maximum atomic E-state index is 4.51. The predicted molar refractivity (Wildman–Crippen MR) is 89.9 cm³/mol. The van der Waals surface area contributed by atoms with Gasteiger partial charge in [0.1, 0.15) is 0 Å². The van der Waals surface area contributed by atoms with E-state index in [0.29, 0.717) is 12.4 Å². The Hall–Kier alpha value is 0.0900. The van der Waals surface area contributed by atoms with E-state index in [-0.39, 0.29) is 0 Å². The summed E-state index contributed by atoms with van der Waals surface area (Å²) in [6, 6.07) is 2.27. The second-order valence-corrected chi connectivity index (χ2v) is 6.19. The van der Waals surface area contributed by atoms with Gasteiger partial charge in [-0.25, -0.2) is 15.4 Å². The standard InChI is InChI=1S/C9H12IN4PS.C2H6/c1-6-7(5-14(13-6)15-10)8-3-4-11-9(12-8)16-2;1-2/h3-6,13,15H,1-2H3;1-2H3. The van der Waals surface area contributed by atoms with Crippen LogP contribution in [0.3, 0.4) is 0 Å². The minimum absolute atomic E-state index is 0.312.